The normalized spacial score (nSPS) is 10.4. The maximum atomic E-state index is 12.0. The van der Waals surface area contributed by atoms with E-state index in [1.165, 1.54) is 0 Å². The van der Waals surface area contributed by atoms with Crippen LogP contribution in [-0.2, 0) is 7.05 Å². The van der Waals surface area contributed by atoms with Gasteiger partial charge in [0.25, 0.3) is 5.91 Å². The fraction of sp³-hybridized carbons (Fsp3) is 0.250. The maximum absolute atomic E-state index is 12.0. The lowest BCUT2D eigenvalue weighted by atomic mass is 10.2. The number of rotatable bonds is 2. The number of nitrogen functional groups attached to an aromatic ring is 1. The molecule has 0 aromatic carbocycles. The van der Waals surface area contributed by atoms with Crippen molar-refractivity contribution < 1.29 is 4.79 Å². The predicted molar refractivity (Wildman–Crippen MR) is 69.3 cm³/mol. The number of nitrogens with two attached hydrogens (primary N) is 1. The highest BCUT2D eigenvalue weighted by Gasteiger charge is 2.11. The van der Waals surface area contributed by atoms with Gasteiger partial charge in [-0.1, -0.05) is 0 Å². The summed E-state index contributed by atoms with van der Waals surface area (Å²) < 4.78 is 1.65. The van der Waals surface area contributed by atoms with E-state index in [4.69, 9.17) is 5.73 Å². The van der Waals surface area contributed by atoms with Gasteiger partial charge in [0.15, 0.2) is 0 Å². The molecular formula is C12H15N5O. The van der Waals surface area contributed by atoms with Gasteiger partial charge in [-0.3, -0.25) is 9.48 Å². The van der Waals surface area contributed by atoms with Crippen molar-refractivity contribution in [3.63, 3.8) is 0 Å². The Morgan fingerprint density at radius 2 is 2.11 bits per heavy atom. The Balaban J connectivity index is 2.24. The number of aryl methyl sites for hydroxylation is 3. The van der Waals surface area contributed by atoms with E-state index in [2.05, 4.69) is 15.4 Å². The summed E-state index contributed by atoms with van der Waals surface area (Å²) in [6.07, 6.45) is 1.75. The maximum Gasteiger partial charge on any atom is 0.255 e. The van der Waals surface area contributed by atoms with Crippen molar-refractivity contribution >= 4 is 17.4 Å². The number of aromatic nitrogens is 3. The van der Waals surface area contributed by atoms with Crippen molar-refractivity contribution in [1.82, 2.24) is 14.8 Å². The monoisotopic (exact) mass is 245 g/mol. The van der Waals surface area contributed by atoms with Crippen molar-refractivity contribution in [2.45, 2.75) is 13.8 Å². The zero-order valence-electron chi connectivity index (χ0n) is 10.6. The highest BCUT2D eigenvalue weighted by Crippen LogP contribution is 2.14. The molecule has 0 bridgehead atoms. The van der Waals surface area contributed by atoms with Crippen molar-refractivity contribution in [3.05, 3.63) is 35.3 Å². The fourth-order valence-corrected chi connectivity index (χ4v) is 1.74. The Bertz CT molecular complexity index is 582. The number of nitrogens with one attached hydrogen (secondary N) is 1. The molecule has 0 aliphatic rings. The minimum Gasteiger partial charge on any atom is -0.384 e. The topological polar surface area (TPSA) is 85.8 Å². The molecule has 94 valence electrons. The molecule has 6 nitrogen and oxygen atoms in total. The molecular weight excluding hydrogens is 230 g/mol. The average Bonchev–Trinajstić information content (AvgIpc) is 2.56. The van der Waals surface area contributed by atoms with Crippen molar-refractivity contribution in [3.8, 4) is 0 Å². The molecule has 0 fully saturated rings. The third-order valence-corrected chi connectivity index (χ3v) is 2.50. The first-order valence-corrected chi connectivity index (χ1v) is 5.51. The third-order valence-electron chi connectivity index (χ3n) is 2.50. The summed E-state index contributed by atoms with van der Waals surface area (Å²) >= 11 is 0. The zero-order chi connectivity index (χ0) is 13.3. The summed E-state index contributed by atoms with van der Waals surface area (Å²) in [4.78, 5) is 16.1. The molecule has 0 unspecified atom stereocenters. The van der Waals surface area contributed by atoms with Crippen LogP contribution in [0, 0.1) is 13.8 Å². The lowest BCUT2D eigenvalue weighted by Crippen LogP contribution is -2.13. The van der Waals surface area contributed by atoms with Gasteiger partial charge >= 0.3 is 0 Å². The Morgan fingerprint density at radius 1 is 1.39 bits per heavy atom. The van der Waals surface area contributed by atoms with Crippen molar-refractivity contribution in [1.29, 1.82) is 0 Å². The lowest BCUT2D eigenvalue weighted by Gasteiger charge is -2.05. The number of pyridine rings is 1. The van der Waals surface area contributed by atoms with Gasteiger partial charge in [-0.25, -0.2) is 4.98 Å². The second kappa shape index (κ2) is 4.48. The van der Waals surface area contributed by atoms with Crippen LogP contribution in [0.2, 0.25) is 0 Å². The van der Waals surface area contributed by atoms with E-state index in [0.717, 1.165) is 5.69 Å². The van der Waals surface area contributed by atoms with Crippen molar-refractivity contribution in [2.75, 3.05) is 11.1 Å². The molecule has 0 aliphatic carbocycles. The number of hydrogen-bond donors (Lipinski definition) is 2. The molecule has 3 N–H and O–H groups in total. The number of carbonyl (C=O) groups is 1. The summed E-state index contributed by atoms with van der Waals surface area (Å²) in [7, 11) is 1.80. The predicted octanol–water partition coefficient (Wildman–Crippen LogP) is 1.27. The minimum absolute atomic E-state index is 0.219. The van der Waals surface area contributed by atoms with Crippen LogP contribution in [0.1, 0.15) is 21.7 Å². The Kier molecular flexibility index (Phi) is 3.01. The van der Waals surface area contributed by atoms with E-state index in [9.17, 15) is 4.79 Å². The molecule has 0 atom stereocenters. The largest absolute Gasteiger partial charge is 0.384 e. The molecule has 18 heavy (non-hydrogen) atoms. The SMILES string of the molecule is Cc1cc(C(=O)Nc2cn(C)nc2C)cc(N)n1. The molecule has 0 saturated heterocycles. The number of hydrogen-bond acceptors (Lipinski definition) is 4. The van der Waals surface area contributed by atoms with E-state index >= 15 is 0 Å². The highest BCUT2D eigenvalue weighted by atomic mass is 16.1. The molecule has 2 rings (SSSR count). The van der Waals surface area contributed by atoms with E-state index in [0.29, 0.717) is 22.8 Å². The second-order valence-electron chi connectivity index (χ2n) is 4.18. The van der Waals surface area contributed by atoms with Gasteiger partial charge < -0.3 is 11.1 Å². The summed E-state index contributed by atoms with van der Waals surface area (Å²) in [5, 5.41) is 6.95. The van der Waals surface area contributed by atoms with E-state index in [1.807, 2.05) is 6.92 Å². The molecule has 2 aromatic heterocycles. The third kappa shape index (κ3) is 2.48. The lowest BCUT2D eigenvalue weighted by molar-refractivity contribution is 0.102. The van der Waals surface area contributed by atoms with E-state index in [-0.39, 0.29) is 5.91 Å². The number of nitrogens with zero attached hydrogens (tertiary/aromatic N) is 3. The van der Waals surface area contributed by atoms with Crippen LogP contribution < -0.4 is 11.1 Å². The average molecular weight is 245 g/mol. The number of carbonyl (C=O) groups excluding carboxylic acids is 1. The van der Waals surface area contributed by atoms with Crippen LogP contribution in [0.3, 0.4) is 0 Å². The zero-order valence-corrected chi connectivity index (χ0v) is 10.6. The summed E-state index contributed by atoms with van der Waals surface area (Å²) in [5.74, 6) is 0.117. The first-order chi connectivity index (χ1) is 8.45. The summed E-state index contributed by atoms with van der Waals surface area (Å²) in [5.41, 5.74) is 8.28. The first kappa shape index (κ1) is 12.1. The molecule has 2 aromatic rings. The summed E-state index contributed by atoms with van der Waals surface area (Å²) in [6, 6.07) is 3.24. The molecule has 0 spiro atoms. The Labute approximate surface area is 105 Å². The summed E-state index contributed by atoms with van der Waals surface area (Å²) in [6.45, 7) is 3.63. The smallest absolute Gasteiger partial charge is 0.255 e. The van der Waals surface area contributed by atoms with Gasteiger partial charge in [0.2, 0.25) is 0 Å². The van der Waals surface area contributed by atoms with Gasteiger partial charge in [0, 0.05) is 24.5 Å². The quantitative estimate of drug-likeness (QED) is 0.834. The Hall–Kier alpha value is -2.37. The van der Waals surface area contributed by atoms with Gasteiger partial charge in [0.1, 0.15) is 5.82 Å². The molecule has 1 amide bonds. The first-order valence-electron chi connectivity index (χ1n) is 5.51. The fourth-order valence-electron chi connectivity index (χ4n) is 1.74. The molecule has 0 aliphatic heterocycles. The van der Waals surface area contributed by atoms with Crippen LogP contribution in [0.15, 0.2) is 18.3 Å². The van der Waals surface area contributed by atoms with Crippen LogP contribution in [-0.4, -0.2) is 20.7 Å². The minimum atomic E-state index is -0.219. The number of anilines is 2. The molecule has 0 saturated carbocycles. The standard InChI is InChI=1S/C12H15N5O/c1-7-4-9(5-11(13)14-7)12(18)15-10-6-17(3)16-8(10)2/h4-6H,1-3H3,(H2,13,14)(H,15,18). The van der Waals surface area contributed by atoms with Crippen LogP contribution >= 0.6 is 0 Å². The van der Waals surface area contributed by atoms with Gasteiger partial charge in [-0.2, -0.15) is 5.10 Å². The van der Waals surface area contributed by atoms with Gasteiger partial charge in [0.05, 0.1) is 11.4 Å². The van der Waals surface area contributed by atoms with E-state index < -0.39 is 0 Å². The Morgan fingerprint density at radius 3 is 2.67 bits per heavy atom. The van der Waals surface area contributed by atoms with Crippen LogP contribution in [0.25, 0.3) is 0 Å². The van der Waals surface area contributed by atoms with Gasteiger partial charge in [-0.15, -0.1) is 0 Å². The highest BCUT2D eigenvalue weighted by molar-refractivity contribution is 6.04. The molecule has 0 radical (unpaired) electrons. The number of amides is 1. The second-order valence-corrected chi connectivity index (χ2v) is 4.18. The molecule has 6 heteroatoms. The van der Waals surface area contributed by atoms with Gasteiger partial charge in [-0.05, 0) is 26.0 Å². The van der Waals surface area contributed by atoms with E-state index in [1.54, 1.807) is 37.0 Å². The van der Waals surface area contributed by atoms with Crippen LogP contribution in [0.4, 0.5) is 11.5 Å². The van der Waals surface area contributed by atoms with Crippen molar-refractivity contribution in [2.24, 2.45) is 7.05 Å². The van der Waals surface area contributed by atoms with Crippen LogP contribution in [0.5, 0.6) is 0 Å². The molecule has 2 heterocycles.